The average Bonchev–Trinajstić information content (AvgIpc) is 2.80. The van der Waals surface area contributed by atoms with Crippen molar-refractivity contribution in [2.45, 2.75) is 32.8 Å². The second-order valence-electron chi connectivity index (χ2n) is 6.21. The molecule has 1 aromatic rings. The zero-order valence-electron chi connectivity index (χ0n) is 14.3. The van der Waals surface area contributed by atoms with Crippen LogP contribution < -0.4 is 9.47 Å². The molecule has 24 heavy (non-hydrogen) atoms. The molecule has 1 aliphatic heterocycles. The number of methoxy groups -OCH3 is 2. The minimum Gasteiger partial charge on any atom is -0.497 e. The lowest BCUT2D eigenvalue weighted by Crippen LogP contribution is -2.29. The molecule has 2 rings (SSSR count). The van der Waals surface area contributed by atoms with Crippen LogP contribution in [0.25, 0.3) is 0 Å². The Hall–Kier alpha value is -2.37. The molecule has 0 N–H and O–H groups in total. The van der Waals surface area contributed by atoms with E-state index in [1.807, 2.05) is 13.8 Å². The van der Waals surface area contributed by atoms with Crippen LogP contribution in [0.2, 0.25) is 0 Å². The van der Waals surface area contributed by atoms with E-state index >= 15 is 0 Å². The number of ether oxygens (including phenoxy) is 3. The molecule has 1 aliphatic rings. The van der Waals surface area contributed by atoms with Crippen molar-refractivity contribution in [2.24, 2.45) is 11.8 Å². The number of Topliss-reactive ketones (excluding diaryl/α,β-unsaturated/α-hetero) is 2. The molecule has 0 saturated carbocycles. The van der Waals surface area contributed by atoms with Crippen molar-refractivity contribution >= 4 is 17.5 Å². The summed E-state index contributed by atoms with van der Waals surface area (Å²) >= 11 is 0. The Morgan fingerprint density at radius 2 is 1.92 bits per heavy atom. The predicted octanol–water partition coefficient (Wildman–Crippen LogP) is 1.97. The highest BCUT2D eigenvalue weighted by Crippen LogP contribution is 2.28. The Kier molecular flexibility index (Phi) is 5.59. The maximum absolute atomic E-state index is 12.5. The van der Waals surface area contributed by atoms with Crippen molar-refractivity contribution in [1.82, 2.24) is 0 Å². The monoisotopic (exact) mass is 334 g/mol. The topological polar surface area (TPSA) is 78.9 Å². The minimum absolute atomic E-state index is 0.0969. The Labute approximate surface area is 141 Å². The van der Waals surface area contributed by atoms with Crippen LogP contribution in [0.1, 0.15) is 25.8 Å². The number of carbonyl (C=O) groups is 3. The molecule has 1 heterocycles. The van der Waals surface area contributed by atoms with E-state index in [-0.39, 0.29) is 12.3 Å². The van der Waals surface area contributed by atoms with Gasteiger partial charge >= 0.3 is 5.97 Å². The average molecular weight is 334 g/mol. The van der Waals surface area contributed by atoms with Crippen LogP contribution in [0.4, 0.5) is 0 Å². The molecule has 6 heteroatoms. The van der Waals surface area contributed by atoms with E-state index in [9.17, 15) is 14.4 Å². The number of cyclic esters (lactones) is 1. The highest BCUT2D eigenvalue weighted by Gasteiger charge is 2.47. The van der Waals surface area contributed by atoms with Gasteiger partial charge in [-0.25, -0.2) is 0 Å². The molecule has 1 fully saturated rings. The third-order valence-electron chi connectivity index (χ3n) is 3.96. The van der Waals surface area contributed by atoms with Gasteiger partial charge in [-0.05, 0) is 30.5 Å². The fourth-order valence-corrected chi connectivity index (χ4v) is 2.76. The van der Waals surface area contributed by atoms with Gasteiger partial charge in [0.25, 0.3) is 0 Å². The van der Waals surface area contributed by atoms with E-state index in [2.05, 4.69) is 0 Å². The Bertz CT molecular complexity index is 649. The Morgan fingerprint density at radius 3 is 2.50 bits per heavy atom. The SMILES string of the molecule is COc1ccc(OC)c(CC(=O)C2C(=O)OC(CC(C)C)C2=O)c1. The summed E-state index contributed by atoms with van der Waals surface area (Å²) in [6, 6.07) is 5.05. The van der Waals surface area contributed by atoms with Gasteiger partial charge in [-0.2, -0.15) is 0 Å². The van der Waals surface area contributed by atoms with Gasteiger partial charge in [0, 0.05) is 12.0 Å². The predicted molar refractivity (Wildman–Crippen MR) is 86.1 cm³/mol. The van der Waals surface area contributed by atoms with Crippen molar-refractivity contribution in [3.05, 3.63) is 23.8 Å². The van der Waals surface area contributed by atoms with Crippen molar-refractivity contribution in [1.29, 1.82) is 0 Å². The van der Waals surface area contributed by atoms with E-state index in [0.717, 1.165) is 0 Å². The second kappa shape index (κ2) is 7.47. The first-order chi connectivity index (χ1) is 11.4. The molecule has 0 bridgehead atoms. The summed E-state index contributed by atoms with van der Waals surface area (Å²) < 4.78 is 15.5. The zero-order valence-corrected chi connectivity index (χ0v) is 14.3. The first kappa shape index (κ1) is 18.0. The number of benzene rings is 1. The van der Waals surface area contributed by atoms with Gasteiger partial charge in [0.15, 0.2) is 23.6 Å². The Balaban J connectivity index is 2.18. The summed E-state index contributed by atoms with van der Waals surface area (Å²) in [5, 5.41) is 0. The summed E-state index contributed by atoms with van der Waals surface area (Å²) in [5.74, 6) is -1.76. The quantitative estimate of drug-likeness (QED) is 0.560. The highest BCUT2D eigenvalue weighted by molar-refractivity contribution is 6.22. The van der Waals surface area contributed by atoms with Gasteiger partial charge in [0.2, 0.25) is 0 Å². The molecule has 0 amide bonds. The van der Waals surface area contributed by atoms with Crippen LogP contribution in [0.5, 0.6) is 11.5 Å². The van der Waals surface area contributed by atoms with Gasteiger partial charge in [-0.15, -0.1) is 0 Å². The molecule has 1 saturated heterocycles. The molecule has 0 radical (unpaired) electrons. The fourth-order valence-electron chi connectivity index (χ4n) is 2.76. The van der Waals surface area contributed by atoms with E-state index < -0.39 is 29.6 Å². The van der Waals surface area contributed by atoms with Crippen LogP contribution in [0, 0.1) is 11.8 Å². The van der Waals surface area contributed by atoms with Crippen LogP contribution in [-0.4, -0.2) is 37.9 Å². The number of esters is 1. The molecular weight excluding hydrogens is 312 g/mol. The molecule has 0 aliphatic carbocycles. The first-order valence-electron chi connectivity index (χ1n) is 7.85. The first-order valence-corrected chi connectivity index (χ1v) is 7.85. The van der Waals surface area contributed by atoms with E-state index in [1.165, 1.54) is 14.2 Å². The van der Waals surface area contributed by atoms with Crippen molar-refractivity contribution in [3.63, 3.8) is 0 Å². The summed E-state index contributed by atoms with van der Waals surface area (Å²) in [5.41, 5.74) is 0.565. The van der Waals surface area contributed by atoms with Crippen molar-refractivity contribution < 1.29 is 28.6 Å². The fraction of sp³-hybridized carbons (Fsp3) is 0.500. The van der Waals surface area contributed by atoms with Crippen molar-refractivity contribution in [2.75, 3.05) is 14.2 Å². The van der Waals surface area contributed by atoms with Crippen LogP contribution in [-0.2, 0) is 25.5 Å². The third-order valence-corrected chi connectivity index (χ3v) is 3.96. The second-order valence-corrected chi connectivity index (χ2v) is 6.21. The van der Waals surface area contributed by atoms with Crippen molar-refractivity contribution in [3.8, 4) is 11.5 Å². The van der Waals surface area contributed by atoms with E-state index in [0.29, 0.717) is 23.5 Å². The molecule has 2 unspecified atom stereocenters. The highest BCUT2D eigenvalue weighted by atomic mass is 16.6. The summed E-state index contributed by atoms with van der Waals surface area (Å²) in [6.07, 6.45) is -0.490. The zero-order chi connectivity index (χ0) is 17.9. The van der Waals surface area contributed by atoms with Crippen LogP contribution in [0.3, 0.4) is 0 Å². The van der Waals surface area contributed by atoms with Crippen LogP contribution >= 0.6 is 0 Å². The van der Waals surface area contributed by atoms with Gasteiger partial charge in [-0.1, -0.05) is 13.8 Å². The number of ketones is 2. The summed E-state index contributed by atoms with van der Waals surface area (Å²) in [6.45, 7) is 3.86. The van der Waals surface area contributed by atoms with Gasteiger partial charge < -0.3 is 14.2 Å². The number of hydrogen-bond acceptors (Lipinski definition) is 6. The lowest BCUT2D eigenvalue weighted by Gasteiger charge is -2.11. The molecule has 0 aromatic heterocycles. The number of rotatable bonds is 7. The molecular formula is C18H22O6. The standard InChI is InChI=1S/C18H22O6/c1-10(2)7-15-17(20)16(18(21)24-15)13(19)9-11-8-12(22-3)5-6-14(11)23-4/h5-6,8,10,15-16H,7,9H2,1-4H3. The maximum Gasteiger partial charge on any atom is 0.325 e. The number of hydrogen-bond donors (Lipinski definition) is 0. The normalized spacial score (nSPS) is 20.2. The molecule has 1 aromatic carbocycles. The summed E-state index contributed by atoms with van der Waals surface area (Å²) in [4.78, 5) is 36.8. The molecule has 130 valence electrons. The summed E-state index contributed by atoms with van der Waals surface area (Å²) in [7, 11) is 3.01. The molecule has 6 nitrogen and oxygen atoms in total. The van der Waals surface area contributed by atoms with Gasteiger partial charge in [0.1, 0.15) is 11.5 Å². The minimum atomic E-state index is -1.34. The number of carbonyl (C=O) groups excluding carboxylic acids is 3. The third kappa shape index (κ3) is 3.75. The van der Waals surface area contributed by atoms with Crippen LogP contribution in [0.15, 0.2) is 18.2 Å². The maximum atomic E-state index is 12.5. The Morgan fingerprint density at radius 1 is 1.21 bits per heavy atom. The molecule has 0 spiro atoms. The van der Waals surface area contributed by atoms with Gasteiger partial charge in [-0.3, -0.25) is 14.4 Å². The van der Waals surface area contributed by atoms with E-state index in [1.54, 1.807) is 18.2 Å². The smallest absolute Gasteiger partial charge is 0.325 e. The lowest BCUT2D eigenvalue weighted by molar-refractivity contribution is -0.147. The largest absolute Gasteiger partial charge is 0.497 e. The molecule has 2 atom stereocenters. The van der Waals surface area contributed by atoms with E-state index in [4.69, 9.17) is 14.2 Å². The lowest BCUT2D eigenvalue weighted by atomic mass is 9.91. The van der Waals surface area contributed by atoms with Gasteiger partial charge in [0.05, 0.1) is 14.2 Å².